The fraction of sp³-hybridized carbons (Fsp3) is 0.500. The molecule has 1 aliphatic heterocycles. The highest BCUT2D eigenvalue weighted by Crippen LogP contribution is 2.17. The van der Waals surface area contributed by atoms with Crippen molar-refractivity contribution in [1.29, 1.82) is 0 Å². The second-order valence-corrected chi connectivity index (χ2v) is 5.12. The number of imidazole rings is 1. The Morgan fingerprint density at radius 2 is 2.44 bits per heavy atom. The van der Waals surface area contributed by atoms with Crippen molar-refractivity contribution in [3.8, 4) is 0 Å². The zero-order valence-electron chi connectivity index (χ0n) is 10.6. The lowest BCUT2D eigenvalue weighted by molar-refractivity contribution is 0.374. The summed E-state index contributed by atoms with van der Waals surface area (Å²) in [5.41, 5.74) is 9.06. The average molecular weight is 244 g/mol. The van der Waals surface area contributed by atoms with Crippen molar-refractivity contribution in [3.63, 3.8) is 0 Å². The Morgan fingerprint density at radius 1 is 1.50 bits per heavy atom. The van der Waals surface area contributed by atoms with E-state index in [4.69, 9.17) is 10.7 Å². The zero-order chi connectivity index (χ0) is 12.4. The van der Waals surface area contributed by atoms with Gasteiger partial charge in [0.1, 0.15) is 5.65 Å². The largest absolute Gasteiger partial charge is 0.326 e. The Bertz CT molecular complexity index is 526. The Morgan fingerprint density at radius 3 is 3.22 bits per heavy atom. The molecule has 0 spiro atoms. The lowest BCUT2D eigenvalue weighted by atomic mass is 9.95. The second-order valence-electron chi connectivity index (χ2n) is 5.12. The number of fused-ring (bicyclic) bond motifs is 1. The van der Waals surface area contributed by atoms with Crippen LogP contribution in [-0.2, 0) is 13.0 Å². The molecule has 1 unspecified atom stereocenters. The van der Waals surface area contributed by atoms with E-state index in [1.807, 2.05) is 18.3 Å². The van der Waals surface area contributed by atoms with Gasteiger partial charge in [-0.3, -0.25) is 0 Å². The van der Waals surface area contributed by atoms with Crippen molar-refractivity contribution in [1.82, 2.24) is 14.7 Å². The van der Waals surface area contributed by atoms with Gasteiger partial charge in [-0.2, -0.15) is 0 Å². The van der Waals surface area contributed by atoms with Gasteiger partial charge in [-0.05, 0) is 44.3 Å². The molecule has 0 aliphatic carbocycles. The van der Waals surface area contributed by atoms with Crippen LogP contribution >= 0.6 is 0 Å². The van der Waals surface area contributed by atoms with E-state index in [-0.39, 0.29) is 0 Å². The molecule has 1 fully saturated rings. The molecule has 4 heteroatoms. The third-order valence-corrected chi connectivity index (χ3v) is 3.73. The molecule has 96 valence electrons. The minimum absolute atomic E-state index is 0.547. The normalized spacial score (nSPS) is 20.4. The molecule has 1 aliphatic rings. The first-order valence-electron chi connectivity index (χ1n) is 6.73. The van der Waals surface area contributed by atoms with Crippen LogP contribution in [-0.4, -0.2) is 22.5 Å². The summed E-state index contributed by atoms with van der Waals surface area (Å²) >= 11 is 0. The van der Waals surface area contributed by atoms with E-state index in [0.717, 1.165) is 30.1 Å². The number of rotatable bonds is 3. The first-order valence-corrected chi connectivity index (χ1v) is 6.73. The van der Waals surface area contributed by atoms with Gasteiger partial charge in [-0.15, -0.1) is 0 Å². The number of aromatic nitrogens is 2. The van der Waals surface area contributed by atoms with Gasteiger partial charge in [0.2, 0.25) is 0 Å². The summed E-state index contributed by atoms with van der Waals surface area (Å²) in [6.07, 6.45) is 7.85. The lowest BCUT2D eigenvalue weighted by Crippen LogP contribution is -2.30. The number of pyridine rings is 1. The number of nitrogens with two attached hydrogens (primary N) is 1. The first-order chi connectivity index (χ1) is 8.86. The highest BCUT2D eigenvalue weighted by molar-refractivity contribution is 5.48. The number of nitrogens with zero attached hydrogens (tertiary/aromatic N) is 2. The highest BCUT2D eigenvalue weighted by atomic mass is 15.0. The maximum atomic E-state index is 5.75. The van der Waals surface area contributed by atoms with E-state index >= 15 is 0 Å². The molecule has 2 aromatic heterocycles. The van der Waals surface area contributed by atoms with E-state index in [9.17, 15) is 0 Å². The van der Waals surface area contributed by atoms with E-state index in [2.05, 4.69) is 15.9 Å². The molecule has 0 bridgehead atoms. The molecule has 1 saturated heterocycles. The second kappa shape index (κ2) is 5.08. The maximum absolute atomic E-state index is 5.75. The Hall–Kier alpha value is -1.39. The van der Waals surface area contributed by atoms with Crippen LogP contribution in [0.2, 0.25) is 0 Å². The molecule has 3 heterocycles. The smallest absolute Gasteiger partial charge is 0.141 e. The van der Waals surface area contributed by atoms with Crippen molar-refractivity contribution in [2.24, 2.45) is 11.7 Å². The van der Waals surface area contributed by atoms with Crippen molar-refractivity contribution in [2.75, 3.05) is 13.1 Å². The van der Waals surface area contributed by atoms with Crippen molar-refractivity contribution in [3.05, 3.63) is 35.8 Å². The standard InChI is InChI=1S/C14H20N4/c15-8-12-4-2-6-18-10-13(17-14(12)18)7-11-3-1-5-16-9-11/h2,4,6,10-11,16H,1,3,5,7-9,15H2. The summed E-state index contributed by atoms with van der Waals surface area (Å²) in [5, 5.41) is 3.46. The maximum Gasteiger partial charge on any atom is 0.141 e. The van der Waals surface area contributed by atoms with Crippen LogP contribution < -0.4 is 11.1 Å². The van der Waals surface area contributed by atoms with Gasteiger partial charge in [0, 0.05) is 24.5 Å². The number of nitrogens with one attached hydrogen (secondary N) is 1. The molecule has 0 aromatic carbocycles. The van der Waals surface area contributed by atoms with Gasteiger partial charge in [0.25, 0.3) is 0 Å². The Labute approximate surface area is 107 Å². The third-order valence-electron chi connectivity index (χ3n) is 3.73. The van der Waals surface area contributed by atoms with E-state index in [1.54, 1.807) is 0 Å². The average Bonchev–Trinajstić information content (AvgIpc) is 2.82. The van der Waals surface area contributed by atoms with Crippen LogP contribution in [0, 0.1) is 5.92 Å². The number of hydrogen-bond acceptors (Lipinski definition) is 3. The molecule has 0 radical (unpaired) electrons. The minimum atomic E-state index is 0.547. The molecular weight excluding hydrogens is 224 g/mol. The van der Waals surface area contributed by atoms with Gasteiger partial charge in [0.15, 0.2) is 0 Å². The summed E-state index contributed by atoms with van der Waals surface area (Å²) in [7, 11) is 0. The van der Waals surface area contributed by atoms with Gasteiger partial charge in [-0.1, -0.05) is 6.07 Å². The molecule has 3 N–H and O–H groups in total. The Balaban J connectivity index is 1.84. The fourth-order valence-electron chi connectivity index (χ4n) is 2.77. The summed E-state index contributed by atoms with van der Waals surface area (Å²) in [4.78, 5) is 4.73. The number of piperidine rings is 1. The quantitative estimate of drug-likeness (QED) is 0.856. The van der Waals surface area contributed by atoms with E-state index in [1.165, 1.54) is 25.1 Å². The topological polar surface area (TPSA) is 55.4 Å². The van der Waals surface area contributed by atoms with E-state index < -0.39 is 0 Å². The minimum Gasteiger partial charge on any atom is -0.326 e. The zero-order valence-corrected chi connectivity index (χ0v) is 10.6. The molecular formula is C14H20N4. The van der Waals surface area contributed by atoms with Crippen LogP contribution in [0.1, 0.15) is 24.1 Å². The summed E-state index contributed by atoms with van der Waals surface area (Å²) in [6, 6.07) is 4.08. The molecule has 0 saturated carbocycles. The van der Waals surface area contributed by atoms with Gasteiger partial charge in [0.05, 0.1) is 5.69 Å². The van der Waals surface area contributed by atoms with Crippen molar-refractivity contribution >= 4 is 5.65 Å². The highest BCUT2D eigenvalue weighted by Gasteiger charge is 2.15. The summed E-state index contributed by atoms with van der Waals surface area (Å²) in [6.45, 7) is 2.84. The van der Waals surface area contributed by atoms with Crippen LogP contribution in [0.25, 0.3) is 5.65 Å². The molecule has 2 aromatic rings. The number of hydrogen-bond donors (Lipinski definition) is 2. The van der Waals surface area contributed by atoms with Gasteiger partial charge < -0.3 is 15.5 Å². The molecule has 18 heavy (non-hydrogen) atoms. The predicted octanol–water partition coefficient (Wildman–Crippen LogP) is 1.34. The monoisotopic (exact) mass is 244 g/mol. The van der Waals surface area contributed by atoms with Crippen molar-refractivity contribution < 1.29 is 0 Å². The van der Waals surface area contributed by atoms with Crippen LogP contribution in [0.15, 0.2) is 24.5 Å². The summed E-state index contributed by atoms with van der Waals surface area (Å²) < 4.78 is 2.09. The SMILES string of the molecule is NCc1cccn2cc(CC3CCCNC3)nc12. The predicted molar refractivity (Wildman–Crippen MR) is 72.4 cm³/mol. The third kappa shape index (κ3) is 2.26. The van der Waals surface area contributed by atoms with Crippen LogP contribution in [0.5, 0.6) is 0 Å². The molecule has 3 rings (SSSR count). The summed E-state index contributed by atoms with van der Waals surface area (Å²) in [5.74, 6) is 0.727. The Kier molecular flexibility index (Phi) is 3.30. The van der Waals surface area contributed by atoms with Gasteiger partial charge >= 0.3 is 0 Å². The van der Waals surface area contributed by atoms with Crippen molar-refractivity contribution in [2.45, 2.75) is 25.8 Å². The fourth-order valence-corrected chi connectivity index (χ4v) is 2.77. The molecule has 0 amide bonds. The molecule has 1 atom stereocenters. The lowest BCUT2D eigenvalue weighted by Gasteiger charge is -2.21. The molecule has 4 nitrogen and oxygen atoms in total. The van der Waals surface area contributed by atoms with E-state index in [0.29, 0.717) is 6.54 Å². The first kappa shape index (κ1) is 11.7. The van der Waals surface area contributed by atoms with Crippen LogP contribution in [0.3, 0.4) is 0 Å². The van der Waals surface area contributed by atoms with Crippen LogP contribution in [0.4, 0.5) is 0 Å². The van der Waals surface area contributed by atoms with Gasteiger partial charge in [-0.25, -0.2) is 4.98 Å².